The molecule has 0 saturated heterocycles. The molecule has 2 aromatic rings. The van der Waals surface area contributed by atoms with Crippen molar-refractivity contribution in [3.8, 4) is 0 Å². The highest BCUT2D eigenvalue weighted by molar-refractivity contribution is 5.39. The van der Waals surface area contributed by atoms with Crippen molar-refractivity contribution in [1.29, 1.82) is 0 Å². The lowest BCUT2D eigenvalue weighted by atomic mass is 10.1. The minimum Gasteiger partial charge on any atom is -0.366 e. The molecule has 0 amide bonds. The summed E-state index contributed by atoms with van der Waals surface area (Å²) in [6, 6.07) is 9.28. The molecule has 0 radical (unpaired) electrons. The number of hydrogen-bond donors (Lipinski definition) is 2. The van der Waals surface area contributed by atoms with Crippen molar-refractivity contribution in [2.45, 2.75) is 31.1 Å². The summed E-state index contributed by atoms with van der Waals surface area (Å²) in [5.74, 6) is 1.03. The van der Waals surface area contributed by atoms with Crippen LogP contribution in [0.1, 0.15) is 29.0 Å². The number of alkyl halides is 3. The summed E-state index contributed by atoms with van der Waals surface area (Å²) in [6.07, 6.45) is -1.57. The van der Waals surface area contributed by atoms with E-state index in [9.17, 15) is 13.2 Å². The number of anilines is 1. The van der Waals surface area contributed by atoms with Gasteiger partial charge in [-0.2, -0.15) is 13.2 Å². The van der Waals surface area contributed by atoms with E-state index >= 15 is 0 Å². The van der Waals surface area contributed by atoms with Gasteiger partial charge in [0.05, 0.1) is 5.56 Å². The predicted molar refractivity (Wildman–Crippen MR) is 78.3 cm³/mol. The quantitative estimate of drug-likeness (QED) is 0.908. The molecule has 1 aromatic carbocycles. The first kappa shape index (κ1) is 14.8. The Morgan fingerprint density at radius 2 is 2.00 bits per heavy atom. The van der Waals surface area contributed by atoms with Crippen LogP contribution >= 0.6 is 0 Å². The van der Waals surface area contributed by atoms with Crippen molar-refractivity contribution in [2.24, 2.45) is 5.73 Å². The van der Waals surface area contributed by atoms with Crippen molar-refractivity contribution < 1.29 is 13.2 Å². The monoisotopic (exact) mass is 307 g/mol. The Morgan fingerprint density at radius 3 is 2.59 bits per heavy atom. The number of nitrogens with zero attached hydrogens (tertiary/aromatic N) is 1. The zero-order valence-corrected chi connectivity index (χ0v) is 11.8. The first-order chi connectivity index (χ1) is 10.4. The second kappa shape index (κ2) is 5.61. The Kier molecular flexibility index (Phi) is 3.78. The number of hydrogen-bond acceptors (Lipinski definition) is 3. The van der Waals surface area contributed by atoms with Crippen LogP contribution in [0, 0.1) is 0 Å². The molecule has 2 atom stereocenters. The van der Waals surface area contributed by atoms with Crippen LogP contribution in [0.2, 0.25) is 0 Å². The van der Waals surface area contributed by atoms with Gasteiger partial charge in [0.1, 0.15) is 5.82 Å². The van der Waals surface area contributed by atoms with E-state index in [0.29, 0.717) is 23.8 Å². The summed E-state index contributed by atoms with van der Waals surface area (Å²) >= 11 is 0. The highest BCUT2D eigenvalue weighted by Crippen LogP contribution is 2.38. The normalized spacial score (nSPS) is 20.7. The van der Waals surface area contributed by atoms with Crippen LogP contribution in [0.4, 0.5) is 19.0 Å². The number of rotatable bonds is 4. The molecule has 6 heteroatoms. The van der Waals surface area contributed by atoms with Crippen molar-refractivity contribution in [1.82, 2.24) is 4.98 Å². The predicted octanol–water partition coefficient (Wildman–Crippen LogP) is 3.53. The van der Waals surface area contributed by atoms with E-state index in [0.717, 1.165) is 24.1 Å². The van der Waals surface area contributed by atoms with Gasteiger partial charge in [-0.3, -0.25) is 0 Å². The molecule has 1 aliphatic carbocycles. The minimum absolute atomic E-state index is 0.228. The number of nitrogens with one attached hydrogen (secondary N) is 1. The molecular formula is C16H16F3N3. The number of halogens is 3. The van der Waals surface area contributed by atoms with Gasteiger partial charge < -0.3 is 11.1 Å². The fourth-order valence-electron chi connectivity index (χ4n) is 2.38. The van der Waals surface area contributed by atoms with Crippen molar-refractivity contribution in [3.05, 3.63) is 59.3 Å². The van der Waals surface area contributed by atoms with Crippen LogP contribution in [0.5, 0.6) is 0 Å². The molecule has 1 heterocycles. The molecule has 0 bridgehead atoms. The van der Waals surface area contributed by atoms with Gasteiger partial charge in [-0.1, -0.05) is 18.2 Å². The molecule has 0 aliphatic heterocycles. The molecule has 1 saturated carbocycles. The van der Waals surface area contributed by atoms with Crippen LogP contribution in [-0.2, 0) is 12.7 Å². The van der Waals surface area contributed by atoms with Crippen LogP contribution in [0.25, 0.3) is 0 Å². The van der Waals surface area contributed by atoms with E-state index in [-0.39, 0.29) is 6.04 Å². The SMILES string of the molecule is N[C@@H]1C[C@H]1c1ccc(NCc2cccc(C(F)(F)F)c2)nc1. The van der Waals surface area contributed by atoms with Crippen LogP contribution < -0.4 is 11.1 Å². The standard InChI is InChI=1S/C16H16F3N3/c17-16(18,19)12-3-1-2-10(6-12)8-21-15-5-4-11(9-22-15)13-7-14(13)20/h1-6,9,13-14H,7-8,20H2,(H,21,22)/t13-,14+/m0/s1. The summed E-state index contributed by atoms with van der Waals surface area (Å²) in [6.45, 7) is 0.291. The number of nitrogens with two attached hydrogens (primary N) is 1. The van der Waals surface area contributed by atoms with Crippen LogP contribution in [0.15, 0.2) is 42.6 Å². The Morgan fingerprint density at radius 1 is 1.23 bits per heavy atom. The summed E-state index contributed by atoms with van der Waals surface area (Å²) in [5, 5.41) is 3.03. The van der Waals surface area contributed by atoms with Gasteiger partial charge in [-0.05, 0) is 35.7 Å². The topological polar surface area (TPSA) is 50.9 Å². The average molecular weight is 307 g/mol. The van der Waals surface area contributed by atoms with Crippen molar-refractivity contribution in [3.63, 3.8) is 0 Å². The highest BCUT2D eigenvalue weighted by Gasteiger charge is 2.34. The van der Waals surface area contributed by atoms with Gasteiger partial charge in [0, 0.05) is 24.7 Å². The lowest BCUT2D eigenvalue weighted by Gasteiger charge is -2.10. The second-order valence-corrected chi connectivity index (χ2v) is 5.53. The first-order valence-electron chi connectivity index (χ1n) is 7.05. The van der Waals surface area contributed by atoms with Gasteiger partial charge in [-0.25, -0.2) is 4.98 Å². The third-order valence-electron chi connectivity index (χ3n) is 3.78. The van der Waals surface area contributed by atoms with Gasteiger partial charge in [0.2, 0.25) is 0 Å². The Balaban J connectivity index is 1.62. The Labute approximate surface area is 126 Å². The minimum atomic E-state index is -4.32. The molecule has 116 valence electrons. The van der Waals surface area contributed by atoms with E-state index in [1.54, 1.807) is 12.3 Å². The van der Waals surface area contributed by atoms with E-state index in [1.165, 1.54) is 6.07 Å². The van der Waals surface area contributed by atoms with Gasteiger partial charge in [0.15, 0.2) is 0 Å². The van der Waals surface area contributed by atoms with E-state index in [2.05, 4.69) is 10.3 Å². The highest BCUT2D eigenvalue weighted by atomic mass is 19.4. The third-order valence-corrected chi connectivity index (χ3v) is 3.78. The maximum atomic E-state index is 12.6. The fourth-order valence-corrected chi connectivity index (χ4v) is 2.38. The van der Waals surface area contributed by atoms with Crippen molar-refractivity contribution in [2.75, 3.05) is 5.32 Å². The lowest BCUT2D eigenvalue weighted by molar-refractivity contribution is -0.137. The fraction of sp³-hybridized carbons (Fsp3) is 0.312. The molecular weight excluding hydrogens is 291 g/mol. The largest absolute Gasteiger partial charge is 0.416 e. The molecule has 22 heavy (non-hydrogen) atoms. The number of benzene rings is 1. The molecule has 1 aromatic heterocycles. The Bertz CT molecular complexity index is 652. The number of aromatic nitrogens is 1. The van der Waals surface area contributed by atoms with Gasteiger partial charge in [-0.15, -0.1) is 0 Å². The lowest BCUT2D eigenvalue weighted by Crippen LogP contribution is -2.07. The summed E-state index contributed by atoms with van der Waals surface area (Å²) < 4.78 is 37.9. The maximum Gasteiger partial charge on any atom is 0.416 e. The third kappa shape index (κ3) is 3.39. The molecule has 0 spiro atoms. The smallest absolute Gasteiger partial charge is 0.366 e. The first-order valence-corrected chi connectivity index (χ1v) is 7.05. The zero-order chi connectivity index (χ0) is 15.7. The number of pyridine rings is 1. The van der Waals surface area contributed by atoms with Crippen molar-refractivity contribution >= 4 is 5.82 Å². The van der Waals surface area contributed by atoms with Gasteiger partial charge >= 0.3 is 6.18 Å². The molecule has 3 N–H and O–H groups in total. The Hall–Kier alpha value is -2.08. The molecule has 3 rings (SSSR count). The summed E-state index contributed by atoms with van der Waals surface area (Å²) in [7, 11) is 0. The van der Waals surface area contributed by atoms with Gasteiger partial charge in [0.25, 0.3) is 0 Å². The summed E-state index contributed by atoms with van der Waals surface area (Å²) in [5.41, 5.74) is 6.81. The van der Waals surface area contributed by atoms with Crippen LogP contribution in [0.3, 0.4) is 0 Å². The van der Waals surface area contributed by atoms with Crippen LogP contribution in [-0.4, -0.2) is 11.0 Å². The molecule has 3 nitrogen and oxygen atoms in total. The molecule has 1 aliphatic rings. The molecule has 1 fully saturated rings. The van der Waals surface area contributed by atoms with E-state index < -0.39 is 11.7 Å². The second-order valence-electron chi connectivity index (χ2n) is 5.53. The zero-order valence-electron chi connectivity index (χ0n) is 11.8. The average Bonchev–Trinajstić information content (AvgIpc) is 3.22. The van der Waals surface area contributed by atoms with E-state index in [4.69, 9.17) is 5.73 Å². The maximum absolute atomic E-state index is 12.6. The summed E-state index contributed by atoms with van der Waals surface area (Å²) in [4.78, 5) is 4.27. The van der Waals surface area contributed by atoms with E-state index in [1.807, 2.05) is 12.1 Å². The molecule has 0 unspecified atom stereocenters.